The second-order valence-electron chi connectivity index (χ2n) is 7.16. The quantitative estimate of drug-likeness (QED) is 0.608. The van der Waals surface area contributed by atoms with Crippen LogP contribution in [-0.2, 0) is 4.79 Å². The van der Waals surface area contributed by atoms with E-state index in [9.17, 15) is 14.3 Å². The molecule has 2 aromatic carbocycles. The van der Waals surface area contributed by atoms with Crippen LogP contribution in [0.2, 0.25) is 0 Å². The second kappa shape index (κ2) is 8.43. The third-order valence-electron chi connectivity index (χ3n) is 4.76. The number of halogens is 1. The Morgan fingerprint density at radius 1 is 1.24 bits per heavy atom. The van der Waals surface area contributed by atoms with Gasteiger partial charge in [-0.25, -0.2) is 4.39 Å². The molecule has 7 heteroatoms. The molecular weight excluding hydrogens is 375 g/mol. The molecule has 0 aliphatic carbocycles. The molecule has 0 saturated heterocycles. The predicted octanol–water partition coefficient (Wildman–Crippen LogP) is 4.92. The van der Waals surface area contributed by atoms with Crippen molar-refractivity contribution >= 4 is 5.97 Å². The van der Waals surface area contributed by atoms with Crippen molar-refractivity contribution in [3.05, 3.63) is 65.1 Å². The number of aryl methyl sites for hydroxylation is 1. The molecular formula is C22H23FN2O4. The van der Waals surface area contributed by atoms with Gasteiger partial charge < -0.3 is 14.3 Å². The average molecular weight is 398 g/mol. The van der Waals surface area contributed by atoms with Gasteiger partial charge in [0.25, 0.3) is 0 Å². The van der Waals surface area contributed by atoms with Crippen LogP contribution in [0.25, 0.3) is 11.1 Å². The number of nitrogens with zero attached hydrogens (tertiary/aromatic N) is 2. The van der Waals surface area contributed by atoms with Crippen LogP contribution < -0.4 is 4.74 Å². The fourth-order valence-corrected chi connectivity index (χ4v) is 3.31. The highest BCUT2D eigenvalue weighted by atomic mass is 19.1. The van der Waals surface area contributed by atoms with Crippen molar-refractivity contribution < 1.29 is 23.4 Å². The predicted molar refractivity (Wildman–Crippen MR) is 106 cm³/mol. The minimum Gasteiger partial charge on any atom is -0.496 e. The summed E-state index contributed by atoms with van der Waals surface area (Å²) in [6.07, 6.45) is -0.192. The van der Waals surface area contributed by atoms with Gasteiger partial charge in [0.05, 0.1) is 19.4 Å². The van der Waals surface area contributed by atoms with E-state index in [2.05, 4.69) is 10.2 Å². The zero-order valence-electron chi connectivity index (χ0n) is 16.8. The average Bonchev–Trinajstić information content (AvgIpc) is 3.11. The lowest BCUT2D eigenvalue weighted by atomic mass is 9.91. The highest BCUT2D eigenvalue weighted by molar-refractivity contribution is 5.73. The van der Waals surface area contributed by atoms with Gasteiger partial charge in [-0.3, -0.25) is 4.79 Å². The number of carboxylic acid groups (broad SMARTS) is 1. The van der Waals surface area contributed by atoms with Crippen molar-refractivity contribution in [3.8, 4) is 16.9 Å². The lowest BCUT2D eigenvalue weighted by molar-refractivity contribution is -0.137. The molecule has 6 nitrogen and oxygen atoms in total. The van der Waals surface area contributed by atoms with E-state index in [-0.39, 0.29) is 24.0 Å². The minimum absolute atomic E-state index is 0.00367. The summed E-state index contributed by atoms with van der Waals surface area (Å²) in [6.45, 7) is 5.50. The standard InChI is InChI=1S/C22H23FN2O4/c1-12(2)16-9-17(20(28-4)11-19(16)23)14-6-5-7-15(8-14)18(10-21(26)27)22-25-24-13(3)29-22/h5-9,11-12,18H,10H2,1-4H3,(H,26,27). The van der Waals surface area contributed by atoms with E-state index >= 15 is 0 Å². The topological polar surface area (TPSA) is 85.5 Å². The van der Waals surface area contributed by atoms with Gasteiger partial charge in [0.1, 0.15) is 11.6 Å². The van der Waals surface area contributed by atoms with E-state index in [1.54, 1.807) is 13.0 Å². The van der Waals surface area contributed by atoms with Gasteiger partial charge in [0, 0.05) is 18.6 Å². The van der Waals surface area contributed by atoms with Crippen molar-refractivity contribution in [2.24, 2.45) is 0 Å². The molecule has 0 amide bonds. The third-order valence-corrected chi connectivity index (χ3v) is 4.76. The van der Waals surface area contributed by atoms with Crippen molar-refractivity contribution in [1.29, 1.82) is 0 Å². The third kappa shape index (κ3) is 4.45. The van der Waals surface area contributed by atoms with E-state index in [1.807, 2.05) is 38.1 Å². The van der Waals surface area contributed by atoms with Crippen LogP contribution in [-0.4, -0.2) is 28.4 Å². The maximum absolute atomic E-state index is 14.4. The van der Waals surface area contributed by atoms with Gasteiger partial charge in [0.2, 0.25) is 11.8 Å². The molecule has 1 aromatic heterocycles. The second-order valence-corrected chi connectivity index (χ2v) is 7.16. The number of ether oxygens (including phenoxy) is 1. The maximum Gasteiger partial charge on any atom is 0.304 e. The van der Waals surface area contributed by atoms with Crippen molar-refractivity contribution in [1.82, 2.24) is 10.2 Å². The minimum atomic E-state index is -0.974. The molecule has 0 radical (unpaired) electrons. The summed E-state index contributed by atoms with van der Waals surface area (Å²) < 4.78 is 25.3. The molecule has 0 spiro atoms. The first kappa shape index (κ1) is 20.5. The van der Waals surface area contributed by atoms with E-state index in [1.165, 1.54) is 13.2 Å². The van der Waals surface area contributed by atoms with E-state index in [4.69, 9.17) is 9.15 Å². The van der Waals surface area contributed by atoms with Crippen LogP contribution >= 0.6 is 0 Å². The molecule has 3 rings (SSSR count). The van der Waals surface area contributed by atoms with Crippen LogP contribution in [0.4, 0.5) is 4.39 Å². The summed E-state index contributed by atoms with van der Waals surface area (Å²) in [6, 6.07) is 10.5. The fraction of sp³-hybridized carbons (Fsp3) is 0.318. The Morgan fingerprint density at radius 2 is 2.00 bits per heavy atom. The summed E-state index contributed by atoms with van der Waals surface area (Å²) in [4.78, 5) is 11.4. The number of carboxylic acids is 1. The van der Waals surface area contributed by atoms with Crippen molar-refractivity contribution in [2.75, 3.05) is 7.11 Å². The van der Waals surface area contributed by atoms with Crippen molar-refractivity contribution in [2.45, 2.75) is 39.0 Å². The molecule has 29 heavy (non-hydrogen) atoms. The monoisotopic (exact) mass is 398 g/mol. The van der Waals surface area contributed by atoms with Gasteiger partial charge >= 0.3 is 5.97 Å². The molecule has 3 aromatic rings. The van der Waals surface area contributed by atoms with Gasteiger partial charge in [-0.2, -0.15) is 0 Å². The Kier molecular flexibility index (Phi) is 5.96. The fourth-order valence-electron chi connectivity index (χ4n) is 3.31. The van der Waals surface area contributed by atoms with Crippen LogP contribution in [0.1, 0.15) is 55.0 Å². The molecule has 1 unspecified atom stereocenters. The lowest BCUT2D eigenvalue weighted by Crippen LogP contribution is -2.08. The molecule has 0 fully saturated rings. The largest absolute Gasteiger partial charge is 0.496 e. The summed E-state index contributed by atoms with van der Waals surface area (Å²) in [5.74, 6) is -0.857. The molecule has 0 saturated carbocycles. The van der Waals surface area contributed by atoms with E-state index < -0.39 is 11.9 Å². The summed E-state index contributed by atoms with van der Waals surface area (Å²) in [5, 5.41) is 17.2. The maximum atomic E-state index is 14.4. The molecule has 152 valence electrons. The Bertz CT molecular complexity index is 1030. The number of methoxy groups -OCH3 is 1. The number of benzene rings is 2. The Morgan fingerprint density at radius 3 is 2.59 bits per heavy atom. The highest BCUT2D eigenvalue weighted by Crippen LogP contribution is 2.37. The highest BCUT2D eigenvalue weighted by Gasteiger charge is 2.24. The summed E-state index contributed by atoms with van der Waals surface area (Å²) in [7, 11) is 1.49. The molecule has 1 heterocycles. The molecule has 1 N–H and O–H groups in total. The van der Waals surface area contributed by atoms with Crippen LogP contribution in [0.3, 0.4) is 0 Å². The summed E-state index contributed by atoms with van der Waals surface area (Å²) in [5.41, 5.74) is 2.81. The van der Waals surface area contributed by atoms with Crippen LogP contribution in [0, 0.1) is 12.7 Å². The van der Waals surface area contributed by atoms with Crippen molar-refractivity contribution in [3.63, 3.8) is 0 Å². The van der Waals surface area contributed by atoms with E-state index in [0.717, 1.165) is 11.1 Å². The normalized spacial score (nSPS) is 12.2. The van der Waals surface area contributed by atoms with Gasteiger partial charge in [-0.1, -0.05) is 38.1 Å². The Balaban J connectivity index is 2.11. The van der Waals surface area contributed by atoms with Gasteiger partial charge in [-0.15, -0.1) is 10.2 Å². The number of aromatic nitrogens is 2. The first-order valence-electron chi connectivity index (χ1n) is 9.29. The smallest absolute Gasteiger partial charge is 0.304 e. The lowest BCUT2D eigenvalue weighted by Gasteiger charge is -2.16. The first-order valence-corrected chi connectivity index (χ1v) is 9.29. The SMILES string of the molecule is COc1cc(F)c(C(C)C)cc1-c1cccc(C(CC(=O)O)c2nnc(C)o2)c1. The number of rotatable bonds is 7. The number of carbonyl (C=O) groups is 1. The summed E-state index contributed by atoms with van der Waals surface area (Å²) >= 11 is 0. The molecule has 0 bridgehead atoms. The van der Waals surface area contributed by atoms with E-state index in [0.29, 0.717) is 22.8 Å². The number of aliphatic carboxylic acids is 1. The Labute approximate surface area is 168 Å². The molecule has 0 aliphatic heterocycles. The molecule has 1 atom stereocenters. The van der Waals surface area contributed by atoms with Crippen LogP contribution in [0.15, 0.2) is 40.8 Å². The van der Waals surface area contributed by atoms with Gasteiger partial charge in [-0.05, 0) is 28.7 Å². The molecule has 0 aliphatic rings. The van der Waals surface area contributed by atoms with Gasteiger partial charge in [0.15, 0.2) is 0 Å². The zero-order chi connectivity index (χ0) is 21.1. The number of hydrogen-bond donors (Lipinski definition) is 1. The number of hydrogen-bond acceptors (Lipinski definition) is 5. The van der Waals surface area contributed by atoms with Crippen LogP contribution in [0.5, 0.6) is 5.75 Å². The Hall–Kier alpha value is -3.22. The first-order chi connectivity index (χ1) is 13.8. The zero-order valence-corrected chi connectivity index (χ0v) is 16.8.